The molecule has 338 valence electrons. The fourth-order valence-corrected chi connectivity index (χ4v) is 7.31. The second-order valence-corrected chi connectivity index (χ2v) is 15.2. The Morgan fingerprint density at radius 3 is 1.53 bits per heavy atom. The first-order valence-corrected chi connectivity index (χ1v) is 20.6. The van der Waals surface area contributed by atoms with E-state index in [1.165, 1.54) is 0 Å². The van der Waals surface area contributed by atoms with Crippen molar-refractivity contribution in [2.45, 2.75) is 112 Å². The number of rotatable bonds is 25. The number of hydrogen-bond acceptors (Lipinski definition) is 16. The van der Waals surface area contributed by atoms with Gasteiger partial charge in [0.1, 0.15) is 73.2 Å². The predicted octanol–water partition coefficient (Wildman–Crippen LogP) is 0.961. The van der Waals surface area contributed by atoms with Crippen molar-refractivity contribution in [1.29, 1.82) is 0 Å². The molecule has 2 saturated heterocycles. The Labute approximate surface area is 360 Å². The Bertz CT molecular complexity index is 1810. The Kier molecular flexibility index (Phi) is 18.7. The molecule has 0 spiro atoms. The lowest BCUT2D eigenvalue weighted by Crippen LogP contribution is -2.54. The van der Waals surface area contributed by atoms with Gasteiger partial charge in [0.15, 0.2) is 12.6 Å². The Balaban J connectivity index is 1.34. The minimum absolute atomic E-state index is 0.0341. The molecule has 2 heterocycles. The van der Waals surface area contributed by atoms with Gasteiger partial charge >= 0.3 is 0 Å². The van der Waals surface area contributed by atoms with Gasteiger partial charge in [-0.3, -0.25) is 0 Å². The zero-order valence-corrected chi connectivity index (χ0v) is 34.1. The van der Waals surface area contributed by atoms with E-state index < -0.39 is 106 Å². The zero-order valence-electron chi connectivity index (χ0n) is 34.1. The van der Waals surface area contributed by atoms with Crippen LogP contribution in [-0.2, 0) is 64.3 Å². The summed E-state index contributed by atoms with van der Waals surface area (Å²) in [6, 6.07) is 38.0. The number of benzene rings is 4. The Hall–Kier alpha value is -3.76. The van der Waals surface area contributed by atoms with Crippen LogP contribution < -0.4 is 0 Å². The molecule has 0 unspecified atom stereocenters. The van der Waals surface area contributed by atoms with Crippen molar-refractivity contribution in [3.8, 4) is 0 Å². The largest absolute Gasteiger partial charge is 0.394 e. The number of hydrogen-bond donors (Lipinski definition) is 8. The summed E-state index contributed by atoms with van der Waals surface area (Å²) in [5, 5.41) is 83.9. The SMILES string of the molecule is OC[C@@H](O)[C@H](O)[C@H](O[C@@H]1O[C@@H]([C@H](O)CO)[C@H](O)[C@H]1O)[C@H](CO)O[C@H]1O[C@@H]([C@@H](COCc2ccccc2)OCc2ccccc2)[C@H](OCc2ccccc2)[C@H]1OCc1ccccc1. The van der Waals surface area contributed by atoms with Crippen LogP contribution in [0.1, 0.15) is 22.3 Å². The van der Waals surface area contributed by atoms with Gasteiger partial charge in [-0.05, 0) is 22.3 Å². The molecule has 2 aliphatic heterocycles. The molecule has 6 rings (SSSR count). The molecule has 8 N–H and O–H groups in total. The maximum Gasteiger partial charge on any atom is 0.187 e. The van der Waals surface area contributed by atoms with Crippen LogP contribution in [0.3, 0.4) is 0 Å². The van der Waals surface area contributed by atoms with Gasteiger partial charge < -0.3 is 78.7 Å². The fourth-order valence-electron chi connectivity index (χ4n) is 7.31. The summed E-state index contributed by atoms with van der Waals surface area (Å²) in [7, 11) is 0. The van der Waals surface area contributed by atoms with Gasteiger partial charge in [0.2, 0.25) is 0 Å². The molecule has 0 aromatic heterocycles. The van der Waals surface area contributed by atoms with E-state index in [0.717, 1.165) is 22.3 Å². The molecular weight excluding hydrogens is 808 g/mol. The average molecular weight is 867 g/mol. The first kappa shape index (κ1) is 47.7. The second kappa shape index (κ2) is 24.3. The maximum absolute atomic E-state index is 11.3. The lowest BCUT2D eigenvalue weighted by molar-refractivity contribution is -0.284. The van der Waals surface area contributed by atoms with Crippen LogP contribution in [0.2, 0.25) is 0 Å². The highest BCUT2D eigenvalue weighted by molar-refractivity contribution is 5.16. The highest BCUT2D eigenvalue weighted by atomic mass is 16.8. The van der Waals surface area contributed by atoms with Crippen LogP contribution in [0.5, 0.6) is 0 Å². The molecule has 0 radical (unpaired) electrons. The van der Waals surface area contributed by atoms with E-state index >= 15 is 0 Å². The first-order chi connectivity index (χ1) is 30.2. The summed E-state index contributed by atoms with van der Waals surface area (Å²) in [6.07, 6.45) is -20.8. The van der Waals surface area contributed by atoms with Crippen molar-refractivity contribution in [2.75, 3.05) is 26.4 Å². The molecule has 0 amide bonds. The summed E-state index contributed by atoms with van der Waals surface area (Å²) in [6.45, 7) is -1.98. The third kappa shape index (κ3) is 12.9. The molecule has 16 heteroatoms. The molecule has 2 aliphatic rings. The standard InChI is InChI=1S/C46H58O16/c47-21-33(50)37(52)41(61-45-39(54)38(53)40(60-45)34(51)22-48)35(23-49)59-46-44(58-27-32-19-11-4-12-20-32)43(57-26-31-17-9-3-10-18-31)42(62-46)36(56-25-30-15-7-2-8-16-30)28-55-24-29-13-5-1-6-14-29/h1-20,33-54H,21-28H2/t33-,34-,35+,36-,37+,38-,39-,40+,41-,42+,43+,44-,45+,46+/m1/s1. The fraction of sp³-hybridized carbons (Fsp3) is 0.478. The minimum Gasteiger partial charge on any atom is -0.394 e. The van der Waals surface area contributed by atoms with E-state index in [0.29, 0.717) is 0 Å². The van der Waals surface area contributed by atoms with Gasteiger partial charge in [-0.2, -0.15) is 0 Å². The van der Waals surface area contributed by atoms with E-state index in [-0.39, 0.29) is 33.0 Å². The quantitative estimate of drug-likeness (QED) is 0.0464. The molecule has 0 bridgehead atoms. The monoisotopic (exact) mass is 866 g/mol. The van der Waals surface area contributed by atoms with Crippen LogP contribution in [0.25, 0.3) is 0 Å². The van der Waals surface area contributed by atoms with Crippen LogP contribution in [-0.4, -0.2) is 153 Å². The van der Waals surface area contributed by atoms with Gasteiger partial charge in [0.05, 0.1) is 52.9 Å². The van der Waals surface area contributed by atoms with E-state index in [1.54, 1.807) is 0 Å². The lowest BCUT2D eigenvalue weighted by Gasteiger charge is -2.36. The number of aliphatic hydroxyl groups excluding tert-OH is 8. The van der Waals surface area contributed by atoms with Gasteiger partial charge in [0.25, 0.3) is 0 Å². The van der Waals surface area contributed by atoms with Gasteiger partial charge in [-0.25, -0.2) is 0 Å². The normalized spacial score (nSPS) is 26.8. The number of ether oxygens (including phenoxy) is 8. The third-order valence-corrected chi connectivity index (χ3v) is 10.7. The van der Waals surface area contributed by atoms with Crippen molar-refractivity contribution in [1.82, 2.24) is 0 Å². The van der Waals surface area contributed by atoms with E-state index in [4.69, 9.17) is 37.9 Å². The Morgan fingerprint density at radius 1 is 0.516 bits per heavy atom. The molecule has 2 fully saturated rings. The van der Waals surface area contributed by atoms with Crippen LogP contribution in [0.15, 0.2) is 121 Å². The third-order valence-electron chi connectivity index (χ3n) is 10.7. The summed E-state index contributed by atoms with van der Waals surface area (Å²) in [5.41, 5.74) is 3.48. The smallest absolute Gasteiger partial charge is 0.187 e. The minimum atomic E-state index is -1.98. The summed E-state index contributed by atoms with van der Waals surface area (Å²) >= 11 is 0. The first-order valence-electron chi connectivity index (χ1n) is 20.6. The molecule has 4 aromatic carbocycles. The molecule has 0 aliphatic carbocycles. The van der Waals surface area contributed by atoms with Crippen LogP contribution in [0.4, 0.5) is 0 Å². The van der Waals surface area contributed by atoms with Gasteiger partial charge in [-0.1, -0.05) is 121 Å². The zero-order chi connectivity index (χ0) is 43.8. The van der Waals surface area contributed by atoms with Crippen LogP contribution >= 0.6 is 0 Å². The highest BCUT2D eigenvalue weighted by Crippen LogP contribution is 2.35. The highest BCUT2D eigenvalue weighted by Gasteiger charge is 2.54. The topological polar surface area (TPSA) is 236 Å². The molecule has 14 atom stereocenters. The number of aliphatic hydroxyl groups is 8. The van der Waals surface area contributed by atoms with Crippen molar-refractivity contribution in [2.24, 2.45) is 0 Å². The van der Waals surface area contributed by atoms with E-state index in [9.17, 15) is 40.9 Å². The van der Waals surface area contributed by atoms with Crippen molar-refractivity contribution in [3.05, 3.63) is 144 Å². The van der Waals surface area contributed by atoms with Gasteiger partial charge in [-0.15, -0.1) is 0 Å². The van der Waals surface area contributed by atoms with Crippen molar-refractivity contribution >= 4 is 0 Å². The average Bonchev–Trinajstić information content (AvgIpc) is 3.81. The summed E-state index contributed by atoms with van der Waals surface area (Å²) in [4.78, 5) is 0. The molecule has 0 saturated carbocycles. The van der Waals surface area contributed by atoms with Crippen LogP contribution in [0, 0.1) is 0 Å². The van der Waals surface area contributed by atoms with E-state index in [1.807, 2.05) is 121 Å². The maximum atomic E-state index is 11.3. The summed E-state index contributed by atoms with van der Waals surface area (Å²) < 4.78 is 50.8. The lowest BCUT2D eigenvalue weighted by atomic mass is 10.0. The Morgan fingerprint density at radius 2 is 1.02 bits per heavy atom. The van der Waals surface area contributed by atoms with Crippen molar-refractivity contribution in [3.63, 3.8) is 0 Å². The molecule has 4 aromatic rings. The van der Waals surface area contributed by atoms with E-state index in [2.05, 4.69) is 0 Å². The van der Waals surface area contributed by atoms with Crippen molar-refractivity contribution < 1.29 is 78.7 Å². The second-order valence-electron chi connectivity index (χ2n) is 15.2. The van der Waals surface area contributed by atoms with Gasteiger partial charge in [0, 0.05) is 0 Å². The predicted molar refractivity (Wildman–Crippen MR) is 220 cm³/mol. The molecular formula is C46H58O16. The summed E-state index contributed by atoms with van der Waals surface area (Å²) in [5.74, 6) is 0. The molecule has 62 heavy (non-hydrogen) atoms. The molecule has 16 nitrogen and oxygen atoms in total.